The zero-order valence-electron chi connectivity index (χ0n) is 27.5. The van der Waals surface area contributed by atoms with Crippen LogP contribution < -0.4 is 0 Å². The van der Waals surface area contributed by atoms with Gasteiger partial charge in [-0.25, -0.2) is 0 Å². The average molecular weight is 646 g/mol. The summed E-state index contributed by atoms with van der Waals surface area (Å²) in [6.07, 6.45) is 15.4. The molecule has 0 aromatic rings. The number of allylic oxidation sites excluding steroid dienone is 12. The van der Waals surface area contributed by atoms with Gasteiger partial charge in [-0.05, 0) is 119 Å². The van der Waals surface area contributed by atoms with E-state index in [1.54, 1.807) is 13.8 Å². The van der Waals surface area contributed by atoms with Gasteiger partial charge in [-0.1, -0.05) is 57.7 Å². The topological polar surface area (TPSA) is 69.7 Å². The van der Waals surface area contributed by atoms with Crippen LogP contribution in [-0.4, -0.2) is 36.6 Å². The Bertz CT molecular complexity index is 1060. The van der Waals surface area contributed by atoms with Crippen LogP contribution in [0.5, 0.6) is 0 Å². The molecule has 0 aromatic heterocycles. The van der Waals surface area contributed by atoms with Crippen molar-refractivity contribution in [3.63, 3.8) is 0 Å². The lowest BCUT2D eigenvalue weighted by molar-refractivity contribution is -0.143. The predicted octanol–water partition coefficient (Wildman–Crippen LogP) is 10.9. The van der Waals surface area contributed by atoms with Crippen LogP contribution in [0.25, 0.3) is 0 Å². The van der Waals surface area contributed by atoms with Crippen LogP contribution >= 0.6 is 8.25 Å². The molecule has 0 atom stereocenters. The highest BCUT2D eigenvalue weighted by molar-refractivity contribution is 7.33. The fraction of sp³-hybridized carbons (Fsp3) is 0.588. The minimum absolute atomic E-state index is 0.393. The maximum absolute atomic E-state index is 14.2. The monoisotopic (exact) mass is 645 g/mol. The lowest BCUT2D eigenvalue weighted by Gasteiger charge is -2.11. The fourth-order valence-corrected chi connectivity index (χ4v) is 4.33. The van der Waals surface area contributed by atoms with Gasteiger partial charge in [0.2, 0.25) is 11.6 Å². The standard InChI is InChI=1S/C34H50F4O5P/c1-25(2)13-9-15-27(5)17-11-19-29(7)21-31(39)33(35,36)23-42-44(41)43-24-34(37,38)32(40)22-30(8)20-12-18-28(6)16-10-14-26(3)4/h13-14,17-18,21-22H,9-12,15-16,19-20,23-24H2,1-8H3/q+1/b27-17+,28-18+,29-21+,30-22+. The van der Waals surface area contributed by atoms with Gasteiger partial charge in [-0.2, -0.15) is 17.6 Å². The second-order valence-corrected chi connectivity index (χ2v) is 12.7. The van der Waals surface area contributed by atoms with Gasteiger partial charge in [0, 0.05) is 4.57 Å². The molecule has 0 saturated carbocycles. The molecule has 0 spiro atoms. The van der Waals surface area contributed by atoms with E-state index < -0.39 is 44.9 Å². The Morgan fingerprint density at radius 1 is 0.545 bits per heavy atom. The highest BCUT2D eigenvalue weighted by Gasteiger charge is 2.45. The fourth-order valence-electron chi connectivity index (χ4n) is 3.72. The first-order valence-electron chi connectivity index (χ1n) is 14.9. The summed E-state index contributed by atoms with van der Waals surface area (Å²) in [4.78, 5) is 24.1. The highest BCUT2D eigenvalue weighted by Crippen LogP contribution is 2.31. The van der Waals surface area contributed by atoms with Crippen LogP contribution in [0.2, 0.25) is 0 Å². The normalized spacial score (nSPS) is 14.0. The molecule has 248 valence electrons. The number of hydrogen-bond acceptors (Lipinski definition) is 5. The van der Waals surface area contributed by atoms with Crippen molar-refractivity contribution < 1.29 is 40.8 Å². The zero-order chi connectivity index (χ0) is 33.9. The first-order valence-corrected chi connectivity index (χ1v) is 15.9. The van der Waals surface area contributed by atoms with Gasteiger partial charge < -0.3 is 0 Å². The van der Waals surface area contributed by atoms with E-state index in [1.807, 2.05) is 53.7 Å². The number of alkyl halides is 4. The van der Waals surface area contributed by atoms with Gasteiger partial charge in [-0.3, -0.25) is 9.59 Å². The third kappa shape index (κ3) is 20.5. The zero-order valence-corrected chi connectivity index (χ0v) is 28.4. The molecule has 0 rings (SSSR count). The Balaban J connectivity index is 4.73. The molecular formula is C34H50F4O5P+. The first-order chi connectivity index (χ1) is 20.4. The Kier molecular flexibility index (Phi) is 20.1. The maximum atomic E-state index is 14.2. The molecule has 44 heavy (non-hydrogen) atoms. The SMILES string of the molecule is CC(C)=CCC/C(C)=C/CC/C(C)=C/C(=O)C(F)(F)CO[P+](=O)OCC(F)(F)C(=O)/C=C(\C)CC/C=C(\C)CCC=C(C)C. The number of carbonyl (C=O) groups excluding carboxylic acids is 2. The van der Waals surface area contributed by atoms with E-state index in [9.17, 15) is 31.7 Å². The van der Waals surface area contributed by atoms with Crippen molar-refractivity contribution in [3.05, 3.63) is 69.9 Å². The lowest BCUT2D eigenvalue weighted by Crippen LogP contribution is -2.33. The summed E-state index contributed by atoms with van der Waals surface area (Å²) < 4.78 is 77.5. The van der Waals surface area contributed by atoms with Crippen molar-refractivity contribution >= 4 is 19.8 Å². The van der Waals surface area contributed by atoms with E-state index in [-0.39, 0.29) is 0 Å². The van der Waals surface area contributed by atoms with E-state index in [1.165, 1.54) is 11.1 Å². The largest absolute Gasteiger partial charge is 0.697 e. The van der Waals surface area contributed by atoms with Crippen LogP contribution in [0.4, 0.5) is 17.6 Å². The number of rotatable bonds is 22. The molecule has 0 aliphatic rings. The molecule has 0 aliphatic heterocycles. The van der Waals surface area contributed by atoms with Crippen LogP contribution in [0.1, 0.15) is 107 Å². The summed E-state index contributed by atoms with van der Waals surface area (Å²) in [5.41, 5.74) is 5.64. The average Bonchev–Trinajstić information content (AvgIpc) is 2.90. The smallest absolute Gasteiger partial charge is 0.288 e. The number of ketones is 2. The summed E-state index contributed by atoms with van der Waals surface area (Å²) >= 11 is 0. The molecule has 0 bridgehead atoms. The molecular weight excluding hydrogens is 595 g/mol. The van der Waals surface area contributed by atoms with Crippen LogP contribution in [0.15, 0.2) is 69.9 Å². The maximum Gasteiger partial charge on any atom is 0.697 e. The third-order valence-electron chi connectivity index (χ3n) is 6.42. The summed E-state index contributed by atoms with van der Waals surface area (Å²) in [6, 6.07) is 0. The van der Waals surface area contributed by atoms with E-state index in [0.717, 1.165) is 49.0 Å². The van der Waals surface area contributed by atoms with Crippen molar-refractivity contribution in [1.82, 2.24) is 0 Å². The summed E-state index contributed by atoms with van der Waals surface area (Å²) in [6.45, 7) is 11.9. The highest BCUT2D eigenvalue weighted by atomic mass is 31.1. The molecule has 10 heteroatoms. The molecule has 0 N–H and O–H groups in total. The van der Waals surface area contributed by atoms with Crippen molar-refractivity contribution in [2.24, 2.45) is 0 Å². The minimum atomic E-state index is -4.04. The van der Waals surface area contributed by atoms with Gasteiger partial charge in [-0.15, -0.1) is 9.05 Å². The van der Waals surface area contributed by atoms with Gasteiger partial charge >= 0.3 is 20.1 Å². The van der Waals surface area contributed by atoms with Crippen LogP contribution in [0, 0.1) is 0 Å². The lowest BCUT2D eigenvalue weighted by atomic mass is 10.0. The molecule has 0 aromatic carbocycles. The molecule has 0 aliphatic carbocycles. The molecule has 5 nitrogen and oxygen atoms in total. The number of halogens is 4. The molecule has 0 unspecified atom stereocenters. The number of hydrogen-bond donors (Lipinski definition) is 0. The second kappa shape index (κ2) is 21.3. The molecule has 0 fully saturated rings. The van der Waals surface area contributed by atoms with Crippen molar-refractivity contribution in [1.29, 1.82) is 0 Å². The summed E-state index contributed by atoms with van der Waals surface area (Å²) in [7, 11) is -3.43. The van der Waals surface area contributed by atoms with Crippen molar-refractivity contribution in [2.75, 3.05) is 13.2 Å². The van der Waals surface area contributed by atoms with Gasteiger partial charge in [0.15, 0.2) is 13.2 Å². The minimum Gasteiger partial charge on any atom is -0.288 e. The van der Waals surface area contributed by atoms with E-state index >= 15 is 0 Å². The van der Waals surface area contributed by atoms with Crippen molar-refractivity contribution in [2.45, 2.75) is 119 Å². The van der Waals surface area contributed by atoms with Crippen LogP contribution in [-0.2, 0) is 23.2 Å². The molecule has 0 radical (unpaired) electrons. The Labute approximate surface area is 262 Å². The summed E-state index contributed by atoms with van der Waals surface area (Å²) in [5.74, 6) is -11.2. The Morgan fingerprint density at radius 2 is 0.841 bits per heavy atom. The Morgan fingerprint density at radius 3 is 1.16 bits per heavy atom. The van der Waals surface area contributed by atoms with Crippen LogP contribution in [0.3, 0.4) is 0 Å². The molecule has 0 saturated heterocycles. The van der Waals surface area contributed by atoms with Crippen molar-refractivity contribution in [3.8, 4) is 0 Å². The van der Waals surface area contributed by atoms with Gasteiger partial charge in [0.25, 0.3) is 0 Å². The van der Waals surface area contributed by atoms with E-state index in [4.69, 9.17) is 0 Å². The van der Waals surface area contributed by atoms with Gasteiger partial charge in [0.05, 0.1) is 0 Å². The Hall–Kier alpha value is -2.48. The third-order valence-corrected chi connectivity index (χ3v) is 7.10. The number of carbonyl (C=O) groups is 2. The summed E-state index contributed by atoms with van der Waals surface area (Å²) in [5, 5.41) is 0. The van der Waals surface area contributed by atoms with E-state index in [0.29, 0.717) is 36.8 Å². The van der Waals surface area contributed by atoms with Gasteiger partial charge in [0.1, 0.15) is 0 Å². The first kappa shape index (κ1) is 41.5. The molecule has 0 heterocycles. The van der Waals surface area contributed by atoms with E-state index in [2.05, 4.69) is 21.2 Å². The second-order valence-electron chi connectivity index (χ2n) is 11.7. The predicted molar refractivity (Wildman–Crippen MR) is 170 cm³/mol. The molecule has 0 amide bonds. The quantitative estimate of drug-likeness (QED) is 0.0507.